The van der Waals surface area contributed by atoms with Crippen LogP contribution in [0.4, 0.5) is 5.69 Å². The van der Waals surface area contributed by atoms with Crippen LogP contribution in [0.15, 0.2) is 53.5 Å². The first-order chi connectivity index (χ1) is 12.4. The van der Waals surface area contributed by atoms with Crippen LogP contribution in [-0.2, 0) is 0 Å². The highest BCUT2D eigenvalue weighted by Gasteiger charge is 2.13. The smallest absolute Gasteiger partial charge is 0.337 e. The van der Waals surface area contributed by atoms with Crippen molar-refractivity contribution >= 4 is 41.1 Å². The van der Waals surface area contributed by atoms with Gasteiger partial charge in [0.25, 0.3) is 0 Å². The average Bonchev–Trinajstić information content (AvgIpc) is 2.87. The van der Waals surface area contributed by atoms with Crippen molar-refractivity contribution in [2.45, 2.75) is 13.8 Å². The predicted molar refractivity (Wildman–Crippen MR) is 106 cm³/mol. The summed E-state index contributed by atoms with van der Waals surface area (Å²) in [5.74, 6) is -1.05. The van der Waals surface area contributed by atoms with Gasteiger partial charge in [-0.1, -0.05) is 35.3 Å². The lowest BCUT2D eigenvalue weighted by molar-refractivity contribution is 0.0697. The third kappa shape index (κ3) is 3.52. The molecule has 0 atom stereocenters. The van der Waals surface area contributed by atoms with E-state index in [4.69, 9.17) is 28.3 Å². The van der Waals surface area contributed by atoms with Gasteiger partial charge in [0.05, 0.1) is 21.3 Å². The maximum atomic E-state index is 11.1. The van der Waals surface area contributed by atoms with Gasteiger partial charge in [0.15, 0.2) is 0 Å². The third-order valence-corrected chi connectivity index (χ3v) is 4.74. The van der Waals surface area contributed by atoms with Gasteiger partial charge in [0.1, 0.15) is 0 Å². The zero-order chi connectivity index (χ0) is 18.8. The second-order valence-electron chi connectivity index (χ2n) is 5.84. The Morgan fingerprint density at radius 3 is 2.46 bits per heavy atom. The number of carbonyl (C=O) groups is 1. The van der Waals surface area contributed by atoms with Crippen LogP contribution in [0.3, 0.4) is 0 Å². The highest BCUT2D eigenvalue weighted by Crippen LogP contribution is 2.26. The van der Waals surface area contributed by atoms with Crippen molar-refractivity contribution in [3.63, 3.8) is 0 Å². The largest absolute Gasteiger partial charge is 0.478 e. The van der Waals surface area contributed by atoms with Crippen molar-refractivity contribution in [1.29, 1.82) is 0 Å². The van der Waals surface area contributed by atoms with Gasteiger partial charge in [-0.05, 0) is 50.2 Å². The Labute approximate surface area is 161 Å². The molecule has 0 aliphatic heterocycles. The van der Waals surface area contributed by atoms with E-state index in [1.54, 1.807) is 24.4 Å². The Hall–Kier alpha value is -2.56. The minimum Gasteiger partial charge on any atom is -0.478 e. The summed E-state index contributed by atoms with van der Waals surface area (Å²) < 4.78 is 2.01. The number of aromatic nitrogens is 1. The number of aliphatic imine (C=N–C) groups is 1. The molecule has 0 bridgehead atoms. The monoisotopic (exact) mass is 386 g/mol. The molecule has 6 heteroatoms. The van der Waals surface area contributed by atoms with Crippen molar-refractivity contribution < 1.29 is 9.90 Å². The molecule has 0 fully saturated rings. The van der Waals surface area contributed by atoms with Gasteiger partial charge in [-0.15, -0.1) is 0 Å². The van der Waals surface area contributed by atoms with Crippen LogP contribution in [0.25, 0.3) is 5.69 Å². The molecule has 1 aromatic heterocycles. The number of aryl methyl sites for hydroxylation is 1. The first-order valence-corrected chi connectivity index (χ1v) is 8.65. The average molecular weight is 387 g/mol. The van der Waals surface area contributed by atoms with Crippen LogP contribution in [0, 0.1) is 13.8 Å². The highest BCUT2D eigenvalue weighted by atomic mass is 35.5. The minimum absolute atomic E-state index is 0.0818. The van der Waals surface area contributed by atoms with Crippen LogP contribution >= 0.6 is 23.2 Å². The number of benzene rings is 2. The van der Waals surface area contributed by atoms with Crippen LogP contribution in [0.5, 0.6) is 0 Å². The number of aromatic carboxylic acids is 1. The maximum Gasteiger partial charge on any atom is 0.337 e. The topological polar surface area (TPSA) is 54.6 Å². The molecule has 4 nitrogen and oxygen atoms in total. The summed E-state index contributed by atoms with van der Waals surface area (Å²) in [5, 5.41) is 9.92. The molecule has 0 saturated heterocycles. The van der Waals surface area contributed by atoms with Gasteiger partial charge in [0.2, 0.25) is 0 Å². The highest BCUT2D eigenvalue weighted by molar-refractivity contribution is 6.33. The van der Waals surface area contributed by atoms with E-state index in [1.165, 1.54) is 6.07 Å². The van der Waals surface area contributed by atoms with E-state index >= 15 is 0 Å². The molecule has 0 unspecified atom stereocenters. The number of carboxylic acids is 1. The van der Waals surface area contributed by atoms with E-state index in [-0.39, 0.29) is 10.6 Å². The predicted octanol–water partition coefficient (Wildman–Crippen LogP) is 5.85. The number of carboxylic acid groups (broad SMARTS) is 1. The van der Waals surface area contributed by atoms with Crippen molar-refractivity contribution in [2.75, 3.05) is 0 Å². The summed E-state index contributed by atoms with van der Waals surface area (Å²) in [5.41, 5.74) is 4.49. The molecule has 0 aliphatic rings. The summed E-state index contributed by atoms with van der Waals surface area (Å²) in [7, 11) is 0. The van der Waals surface area contributed by atoms with Crippen LogP contribution < -0.4 is 0 Å². The van der Waals surface area contributed by atoms with Gasteiger partial charge in [0, 0.05) is 28.9 Å². The van der Waals surface area contributed by atoms with Crippen LogP contribution in [-0.4, -0.2) is 21.9 Å². The molecule has 2 aromatic carbocycles. The lowest BCUT2D eigenvalue weighted by atomic mass is 10.2. The molecule has 26 heavy (non-hydrogen) atoms. The minimum atomic E-state index is -1.05. The zero-order valence-corrected chi connectivity index (χ0v) is 15.7. The van der Waals surface area contributed by atoms with Crippen molar-refractivity contribution in [3.05, 3.63) is 81.1 Å². The second kappa shape index (κ2) is 7.36. The standard InChI is InChI=1S/C20H16Cl2N2O2/c1-12-9-14(11-23-19-6-4-3-5-17(19)21)13(2)24(12)15-7-8-16(20(25)26)18(22)10-15/h3-11H,1-2H3,(H,25,26). The van der Waals surface area contributed by atoms with E-state index in [2.05, 4.69) is 4.99 Å². The fourth-order valence-corrected chi connectivity index (χ4v) is 3.27. The lowest BCUT2D eigenvalue weighted by Crippen LogP contribution is -2.02. The molecule has 0 amide bonds. The van der Waals surface area contributed by atoms with Crippen LogP contribution in [0.1, 0.15) is 27.3 Å². The third-order valence-electron chi connectivity index (χ3n) is 4.11. The van der Waals surface area contributed by atoms with Crippen molar-refractivity contribution in [2.24, 2.45) is 4.99 Å². The molecule has 132 valence electrons. The number of halogens is 2. The van der Waals surface area contributed by atoms with Crippen LogP contribution in [0.2, 0.25) is 10.0 Å². The van der Waals surface area contributed by atoms with Gasteiger partial charge >= 0.3 is 5.97 Å². The van der Waals surface area contributed by atoms with Gasteiger partial charge < -0.3 is 9.67 Å². The fraction of sp³-hybridized carbons (Fsp3) is 0.100. The summed E-state index contributed by atoms with van der Waals surface area (Å²) >= 11 is 12.2. The SMILES string of the molecule is Cc1cc(C=Nc2ccccc2Cl)c(C)n1-c1ccc(C(=O)O)c(Cl)c1. The Balaban J connectivity index is 2.00. The number of para-hydroxylation sites is 1. The second-order valence-corrected chi connectivity index (χ2v) is 6.66. The Morgan fingerprint density at radius 1 is 1.08 bits per heavy atom. The number of rotatable bonds is 4. The van der Waals surface area contributed by atoms with Crippen molar-refractivity contribution in [3.8, 4) is 5.69 Å². The molecule has 0 radical (unpaired) electrons. The zero-order valence-electron chi connectivity index (χ0n) is 14.2. The molecule has 3 aromatic rings. The van der Waals surface area contributed by atoms with E-state index in [1.807, 2.05) is 42.7 Å². The number of hydrogen-bond donors (Lipinski definition) is 1. The molecule has 0 spiro atoms. The summed E-state index contributed by atoms with van der Waals surface area (Å²) in [6, 6.07) is 14.3. The molecule has 1 N–H and O–H groups in total. The van der Waals surface area contributed by atoms with Crippen molar-refractivity contribution in [1.82, 2.24) is 4.57 Å². The first kappa shape index (κ1) is 18.2. The molecule has 0 aliphatic carbocycles. The molecular formula is C20H16Cl2N2O2. The molecule has 1 heterocycles. The van der Waals surface area contributed by atoms with E-state index in [0.29, 0.717) is 10.7 Å². The Kier molecular flexibility index (Phi) is 5.16. The Bertz CT molecular complexity index is 1020. The van der Waals surface area contributed by atoms with E-state index in [0.717, 1.165) is 22.6 Å². The molecule has 3 rings (SSSR count). The van der Waals surface area contributed by atoms with Gasteiger partial charge in [-0.2, -0.15) is 0 Å². The van der Waals surface area contributed by atoms with Gasteiger partial charge in [-0.3, -0.25) is 4.99 Å². The quantitative estimate of drug-likeness (QED) is 0.571. The number of nitrogens with zero attached hydrogens (tertiary/aromatic N) is 2. The summed E-state index contributed by atoms with van der Waals surface area (Å²) in [6.45, 7) is 3.94. The van der Waals surface area contributed by atoms with E-state index < -0.39 is 5.97 Å². The lowest BCUT2D eigenvalue weighted by Gasteiger charge is -2.11. The van der Waals surface area contributed by atoms with Gasteiger partial charge in [-0.25, -0.2) is 4.79 Å². The summed E-state index contributed by atoms with van der Waals surface area (Å²) in [6.07, 6.45) is 1.77. The molecular weight excluding hydrogens is 371 g/mol. The maximum absolute atomic E-state index is 11.1. The molecule has 0 saturated carbocycles. The number of hydrogen-bond acceptors (Lipinski definition) is 2. The normalized spacial score (nSPS) is 11.2. The first-order valence-electron chi connectivity index (χ1n) is 7.89. The van der Waals surface area contributed by atoms with E-state index in [9.17, 15) is 4.79 Å². The Morgan fingerprint density at radius 2 is 1.81 bits per heavy atom. The fourth-order valence-electron chi connectivity index (χ4n) is 2.83. The summed E-state index contributed by atoms with van der Waals surface area (Å²) in [4.78, 5) is 15.6.